The molecule has 2 rings (SSSR count). The van der Waals surface area contributed by atoms with Crippen LogP contribution in [0.2, 0.25) is 0 Å². The van der Waals surface area contributed by atoms with Gasteiger partial charge in [0.2, 0.25) is 15.4 Å². The third kappa shape index (κ3) is 5.11. The summed E-state index contributed by atoms with van der Waals surface area (Å²) in [7, 11) is -3.74. The summed E-state index contributed by atoms with van der Waals surface area (Å²) in [5.74, 6) is 0.547. The van der Waals surface area contributed by atoms with Crippen molar-refractivity contribution in [3.8, 4) is 0 Å². The number of sulfonamides is 1. The molecule has 0 aromatic carbocycles. The maximum atomic E-state index is 12.2. The normalized spacial score (nSPS) is 12.3. The third-order valence-corrected chi connectivity index (χ3v) is 5.68. The van der Waals surface area contributed by atoms with Crippen molar-refractivity contribution in [1.29, 1.82) is 0 Å². The quantitative estimate of drug-likeness (QED) is 0.568. The lowest BCUT2D eigenvalue weighted by Gasteiger charge is -2.15. The summed E-state index contributed by atoms with van der Waals surface area (Å²) < 4.78 is 31.8. The summed E-state index contributed by atoms with van der Waals surface area (Å²) in [6.45, 7) is 5.51. The molecule has 8 nitrogen and oxygen atoms in total. The maximum absolute atomic E-state index is 12.2. The molecule has 132 valence electrons. The van der Waals surface area contributed by atoms with Gasteiger partial charge in [0.15, 0.2) is 0 Å². The smallest absolute Gasteiger partial charge is 0.269 e. The highest BCUT2D eigenvalue weighted by molar-refractivity contribution is 7.91. The monoisotopic (exact) mass is 372 g/mol. The van der Waals surface area contributed by atoms with Crippen LogP contribution in [0.1, 0.15) is 33.0 Å². The molecule has 24 heavy (non-hydrogen) atoms. The molecule has 0 aliphatic carbocycles. The largest absolute Gasteiger partial charge is 0.469 e. The lowest BCUT2D eigenvalue weighted by molar-refractivity contribution is -0.123. The summed E-state index contributed by atoms with van der Waals surface area (Å²) in [6, 6.07) is 3.62. The van der Waals surface area contributed by atoms with E-state index in [1.165, 1.54) is 0 Å². The fourth-order valence-corrected chi connectivity index (χ4v) is 3.65. The van der Waals surface area contributed by atoms with Gasteiger partial charge in [0, 0.05) is 18.4 Å². The SMILES string of the molecule is CC(C)(C)C(=O)Nc1nnc(S(=O)(=O)NCCCc2ccco2)s1. The molecule has 1 amide bonds. The molecule has 0 saturated heterocycles. The van der Waals surface area contributed by atoms with Crippen molar-refractivity contribution in [2.45, 2.75) is 38.0 Å². The number of rotatable bonds is 7. The van der Waals surface area contributed by atoms with Gasteiger partial charge in [-0.25, -0.2) is 13.1 Å². The van der Waals surface area contributed by atoms with Gasteiger partial charge in [-0.15, -0.1) is 10.2 Å². The van der Waals surface area contributed by atoms with Gasteiger partial charge in [-0.1, -0.05) is 32.1 Å². The number of amides is 1. The first kappa shape index (κ1) is 18.6. The third-order valence-electron chi connectivity index (χ3n) is 3.01. The van der Waals surface area contributed by atoms with E-state index >= 15 is 0 Å². The van der Waals surface area contributed by atoms with Crippen LogP contribution in [0.25, 0.3) is 0 Å². The number of nitrogens with zero attached hydrogens (tertiary/aromatic N) is 2. The van der Waals surface area contributed by atoms with Crippen molar-refractivity contribution in [3.05, 3.63) is 24.2 Å². The second-order valence-corrected chi connectivity index (χ2v) is 9.08. The predicted octanol–water partition coefficient (Wildman–Crippen LogP) is 2.03. The van der Waals surface area contributed by atoms with Crippen molar-refractivity contribution in [2.24, 2.45) is 5.41 Å². The van der Waals surface area contributed by atoms with Gasteiger partial charge in [0.1, 0.15) is 5.76 Å². The zero-order chi connectivity index (χ0) is 17.8. The van der Waals surface area contributed by atoms with Crippen LogP contribution >= 0.6 is 11.3 Å². The van der Waals surface area contributed by atoms with Gasteiger partial charge < -0.3 is 9.73 Å². The topological polar surface area (TPSA) is 114 Å². The van der Waals surface area contributed by atoms with Crippen LogP contribution in [0.3, 0.4) is 0 Å². The number of hydrogen-bond acceptors (Lipinski definition) is 7. The number of carbonyl (C=O) groups is 1. The van der Waals surface area contributed by atoms with Crippen molar-refractivity contribution in [1.82, 2.24) is 14.9 Å². The van der Waals surface area contributed by atoms with E-state index in [1.54, 1.807) is 33.1 Å². The standard InChI is InChI=1S/C14H20N4O4S2/c1-14(2,3)11(19)16-12-17-18-13(23-12)24(20,21)15-8-4-6-10-7-5-9-22-10/h5,7,9,15H,4,6,8H2,1-3H3,(H,16,17,19). The van der Waals surface area contributed by atoms with E-state index in [0.29, 0.717) is 12.8 Å². The summed E-state index contributed by atoms with van der Waals surface area (Å²) in [5.41, 5.74) is -0.602. The molecule has 0 radical (unpaired) electrons. The molecule has 0 aliphatic rings. The van der Waals surface area contributed by atoms with E-state index in [-0.39, 0.29) is 21.9 Å². The summed E-state index contributed by atoms with van der Waals surface area (Å²) in [5, 5.41) is 10.1. The molecule has 0 saturated carbocycles. The molecule has 0 fully saturated rings. The number of hydrogen-bond donors (Lipinski definition) is 2. The second kappa shape index (κ2) is 7.41. The van der Waals surface area contributed by atoms with E-state index in [4.69, 9.17) is 4.42 Å². The number of carbonyl (C=O) groups excluding carboxylic acids is 1. The van der Waals surface area contributed by atoms with Crippen LogP contribution in [0.4, 0.5) is 5.13 Å². The van der Waals surface area contributed by atoms with Crippen LogP contribution in [-0.2, 0) is 21.2 Å². The maximum Gasteiger partial charge on any atom is 0.269 e. The van der Waals surface area contributed by atoms with Crippen LogP contribution in [0.15, 0.2) is 27.2 Å². The molecular formula is C14H20N4O4S2. The first-order chi connectivity index (χ1) is 11.2. The van der Waals surface area contributed by atoms with Gasteiger partial charge in [0.05, 0.1) is 6.26 Å². The molecule has 0 aliphatic heterocycles. The average Bonchev–Trinajstić information content (AvgIpc) is 3.14. The van der Waals surface area contributed by atoms with Crippen LogP contribution in [0.5, 0.6) is 0 Å². The van der Waals surface area contributed by atoms with Crippen LogP contribution in [-0.4, -0.2) is 31.1 Å². The molecular weight excluding hydrogens is 352 g/mol. The molecule has 0 spiro atoms. The van der Waals surface area contributed by atoms with Gasteiger partial charge >= 0.3 is 0 Å². The van der Waals surface area contributed by atoms with Gasteiger partial charge in [-0.3, -0.25) is 4.79 Å². The van der Waals surface area contributed by atoms with E-state index in [0.717, 1.165) is 17.1 Å². The minimum absolute atomic E-state index is 0.158. The Labute approximate surface area is 144 Å². The highest BCUT2D eigenvalue weighted by Gasteiger charge is 2.24. The molecule has 2 aromatic rings. The van der Waals surface area contributed by atoms with Gasteiger partial charge in [-0.05, 0) is 18.6 Å². The van der Waals surface area contributed by atoms with E-state index < -0.39 is 15.4 Å². The summed E-state index contributed by atoms with van der Waals surface area (Å²) >= 11 is 0.817. The molecule has 2 heterocycles. The average molecular weight is 372 g/mol. The Hall–Kier alpha value is -1.78. The minimum Gasteiger partial charge on any atom is -0.469 e. The van der Waals surface area contributed by atoms with Crippen molar-refractivity contribution < 1.29 is 17.6 Å². The van der Waals surface area contributed by atoms with Crippen LogP contribution < -0.4 is 10.0 Å². The second-order valence-electron chi connectivity index (χ2n) is 6.16. The number of nitrogens with one attached hydrogen (secondary N) is 2. The fraction of sp³-hybridized carbons (Fsp3) is 0.500. The zero-order valence-corrected chi connectivity index (χ0v) is 15.3. The Morgan fingerprint density at radius 2 is 2.08 bits per heavy atom. The van der Waals surface area contributed by atoms with Crippen molar-refractivity contribution in [3.63, 3.8) is 0 Å². The molecule has 2 aromatic heterocycles. The summed E-state index contributed by atoms with van der Waals surface area (Å²) in [6.07, 6.45) is 2.81. The van der Waals surface area contributed by atoms with Gasteiger partial charge in [0.25, 0.3) is 10.0 Å². The van der Waals surface area contributed by atoms with E-state index in [9.17, 15) is 13.2 Å². The Balaban J connectivity index is 1.89. The first-order valence-electron chi connectivity index (χ1n) is 7.35. The number of aryl methyl sites for hydroxylation is 1. The lowest BCUT2D eigenvalue weighted by Crippen LogP contribution is -2.27. The Morgan fingerprint density at radius 1 is 1.33 bits per heavy atom. The first-order valence-corrected chi connectivity index (χ1v) is 9.65. The van der Waals surface area contributed by atoms with E-state index in [2.05, 4.69) is 20.2 Å². The molecule has 0 bridgehead atoms. The lowest BCUT2D eigenvalue weighted by atomic mass is 9.96. The minimum atomic E-state index is -3.74. The van der Waals surface area contributed by atoms with Gasteiger partial charge in [-0.2, -0.15) is 0 Å². The highest BCUT2D eigenvalue weighted by Crippen LogP contribution is 2.22. The Bertz CT molecular complexity index is 776. The molecule has 0 unspecified atom stereocenters. The molecule has 0 atom stereocenters. The van der Waals surface area contributed by atoms with Crippen molar-refractivity contribution >= 4 is 32.4 Å². The Morgan fingerprint density at radius 3 is 2.71 bits per heavy atom. The molecule has 2 N–H and O–H groups in total. The summed E-state index contributed by atoms with van der Waals surface area (Å²) in [4.78, 5) is 11.9. The number of furan rings is 1. The van der Waals surface area contributed by atoms with Crippen molar-refractivity contribution in [2.75, 3.05) is 11.9 Å². The molecule has 10 heteroatoms. The number of aromatic nitrogens is 2. The zero-order valence-electron chi connectivity index (χ0n) is 13.7. The van der Waals surface area contributed by atoms with Crippen LogP contribution in [0, 0.1) is 5.41 Å². The Kier molecular flexibility index (Phi) is 5.73. The highest BCUT2D eigenvalue weighted by atomic mass is 32.2. The number of anilines is 1. The predicted molar refractivity (Wildman–Crippen MR) is 90.2 cm³/mol. The van der Waals surface area contributed by atoms with E-state index in [1.807, 2.05) is 6.07 Å². The fourth-order valence-electron chi connectivity index (χ4n) is 1.64.